The second-order valence-electron chi connectivity index (χ2n) is 6.18. The normalized spacial score (nSPS) is 29.9. The van der Waals surface area contributed by atoms with Crippen LogP contribution in [0, 0.1) is 17.8 Å². The van der Waals surface area contributed by atoms with Crippen LogP contribution in [0.15, 0.2) is 36.4 Å². The topological polar surface area (TPSA) is 12.0 Å². The van der Waals surface area contributed by atoms with Crippen LogP contribution in [0.4, 0.5) is 0 Å². The van der Waals surface area contributed by atoms with E-state index >= 15 is 0 Å². The first-order valence-electron chi connectivity index (χ1n) is 7.37. The minimum Gasteiger partial charge on any atom is -0.314 e. The van der Waals surface area contributed by atoms with Crippen LogP contribution in [-0.4, -0.2) is 12.6 Å². The van der Waals surface area contributed by atoms with Crippen molar-refractivity contribution in [2.75, 3.05) is 6.54 Å². The fraction of sp³-hybridized carbons (Fsp3) is 0.529. The van der Waals surface area contributed by atoms with E-state index in [2.05, 4.69) is 36.5 Å². The molecule has 0 heterocycles. The van der Waals surface area contributed by atoms with Crippen molar-refractivity contribution in [2.24, 2.45) is 17.8 Å². The van der Waals surface area contributed by atoms with E-state index in [0.29, 0.717) is 6.04 Å². The van der Waals surface area contributed by atoms with E-state index in [9.17, 15) is 0 Å². The number of benzene rings is 1. The molecule has 0 amide bonds. The lowest BCUT2D eigenvalue weighted by Gasteiger charge is -2.22. The van der Waals surface area contributed by atoms with Crippen LogP contribution in [0.3, 0.4) is 0 Å². The molecule has 2 bridgehead atoms. The van der Waals surface area contributed by atoms with Gasteiger partial charge in [0.05, 0.1) is 0 Å². The van der Waals surface area contributed by atoms with E-state index in [1.54, 1.807) is 0 Å². The lowest BCUT2D eigenvalue weighted by Crippen LogP contribution is -2.34. The minimum absolute atomic E-state index is 0.532. The third kappa shape index (κ3) is 3.21. The summed E-state index contributed by atoms with van der Waals surface area (Å²) in [5.74, 6) is 2.59. The molecule has 0 aliphatic heterocycles. The third-order valence-corrected chi connectivity index (χ3v) is 4.85. The van der Waals surface area contributed by atoms with E-state index in [1.807, 2.05) is 12.1 Å². The van der Waals surface area contributed by atoms with Gasteiger partial charge in [-0.3, -0.25) is 0 Å². The lowest BCUT2D eigenvalue weighted by molar-refractivity contribution is 0.389. The van der Waals surface area contributed by atoms with Gasteiger partial charge in [-0.15, -0.1) is 0 Å². The molecule has 1 N–H and O–H groups in total. The van der Waals surface area contributed by atoms with Crippen LogP contribution in [0.2, 0.25) is 5.02 Å². The lowest BCUT2D eigenvalue weighted by atomic mass is 9.93. The fourth-order valence-electron chi connectivity index (χ4n) is 3.53. The van der Waals surface area contributed by atoms with E-state index in [1.165, 1.54) is 24.9 Å². The molecule has 19 heavy (non-hydrogen) atoms. The van der Waals surface area contributed by atoms with Gasteiger partial charge in [0.15, 0.2) is 0 Å². The molecule has 4 unspecified atom stereocenters. The Morgan fingerprint density at radius 2 is 2.00 bits per heavy atom. The highest BCUT2D eigenvalue weighted by molar-refractivity contribution is 6.30. The monoisotopic (exact) mass is 275 g/mol. The summed E-state index contributed by atoms with van der Waals surface area (Å²) in [6.07, 6.45) is 8.72. The standard InChI is InChI=1S/C17H22ClN/c1-12(8-13-3-6-17(18)7-4-13)19-11-16-10-14-2-5-15(16)9-14/h2-7,12,14-16,19H,8-11H2,1H3. The fourth-order valence-corrected chi connectivity index (χ4v) is 3.65. The molecule has 1 aromatic rings. The third-order valence-electron chi connectivity index (χ3n) is 4.60. The molecule has 1 saturated carbocycles. The predicted molar refractivity (Wildman–Crippen MR) is 81.5 cm³/mol. The number of hydrogen-bond donors (Lipinski definition) is 1. The molecule has 0 aromatic heterocycles. The average Bonchev–Trinajstić information content (AvgIpc) is 3.01. The van der Waals surface area contributed by atoms with E-state index < -0.39 is 0 Å². The molecular weight excluding hydrogens is 254 g/mol. The Hall–Kier alpha value is -0.790. The van der Waals surface area contributed by atoms with E-state index in [4.69, 9.17) is 11.6 Å². The summed E-state index contributed by atoms with van der Waals surface area (Å²) < 4.78 is 0. The van der Waals surface area contributed by atoms with Crippen LogP contribution in [0.5, 0.6) is 0 Å². The molecule has 0 spiro atoms. The molecule has 0 radical (unpaired) electrons. The molecule has 102 valence electrons. The summed E-state index contributed by atoms with van der Waals surface area (Å²) in [4.78, 5) is 0. The van der Waals surface area contributed by atoms with Crippen molar-refractivity contribution in [3.63, 3.8) is 0 Å². The van der Waals surface area contributed by atoms with Gasteiger partial charge >= 0.3 is 0 Å². The van der Waals surface area contributed by atoms with Crippen molar-refractivity contribution in [1.82, 2.24) is 5.32 Å². The molecule has 4 atom stereocenters. The maximum Gasteiger partial charge on any atom is 0.0406 e. The van der Waals surface area contributed by atoms with Crippen molar-refractivity contribution >= 4 is 11.6 Å². The van der Waals surface area contributed by atoms with Crippen LogP contribution in [0.1, 0.15) is 25.3 Å². The summed E-state index contributed by atoms with van der Waals surface area (Å²) in [6.45, 7) is 3.44. The predicted octanol–water partition coefficient (Wildman–Crippen LogP) is 4.07. The van der Waals surface area contributed by atoms with Crippen molar-refractivity contribution in [2.45, 2.75) is 32.2 Å². The number of nitrogens with one attached hydrogen (secondary N) is 1. The molecule has 2 heteroatoms. The smallest absolute Gasteiger partial charge is 0.0406 e. The highest BCUT2D eigenvalue weighted by Crippen LogP contribution is 2.42. The molecular formula is C17H22ClN. The van der Waals surface area contributed by atoms with Gasteiger partial charge in [0.2, 0.25) is 0 Å². The molecule has 2 aliphatic rings. The van der Waals surface area contributed by atoms with E-state index in [-0.39, 0.29) is 0 Å². The Morgan fingerprint density at radius 1 is 1.21 bits per heavy atom. The highest BCUT2D eigenvalue weighted by Gasteiger charge is 2.35. The van der Waals surface area contributed by atoms with Gasteiger partial charge in [0, 0.05) is 11.1 Å². The number of allylic oxidation sites excluding steroid dienone is 2. The second-order valence-corrected chi connectivity index (χ2v) is 6.62. The zero-order valence-corrected chi connectivity index (χ0v) is 12.2. The van der Waals surface area contributed by atoms with Crippen LogP contribution < -0.4 is 5.32 Å². The number of hydrogen-bond acceptors (Lipinski definition) is 1. The Kier molecular flexibility index (Phi) is 3.95. The van der Waals surface area contributed by atoms with Gasteiger partial charge in [-0.05, 0) is 68.2 Å². The van der Waals surface area contributed by atoms with Crippen molar-refractivity contribution in [3.8, 4) is 0 Å². The maximum absolute atomic E-state index is 5.91. The van der Waals surface area contributed by atoms with Gasteiger partial charge < -0.3 is 5.32 Å². The average molecular weight is 276 g/mol. The number of fused-ring (bicyclic) bond motifs is 2. The molecule has 3 rings (SSSR count). The molecule has 2 aliphatic carbocycles. The van der Waals surface area contributed by atoms with Crippen molar-refractivity contribution in [3.05, 3.63) is 47.0 Å². The van der Waals surface area contributed by atoms with Crippen molar-refractivity contribution < 1.29 is 0 Å². The Bertz CT molecular complexity index is 451. The Morgan fingerprint density at radius 3 is 2.63 bits per heavy atom. The first-order valence-corrected chi connectivity index (χ1v) is 7.74. The number of rotatable bonds is 5. The molecule has 1 aromatic carbocycles. The summed E-state index contributed by atoms with van der Waals surface area (Å²) in [5, 5.41) is 4.52. The van der Waals surface area contributed by atoms with Gasteiger partial charge in [0.25, 0.3) is 0 Å². The maximum atomic E-state index is 5.91. The molecule has 1 fully saturated rings. The Balaban J connectivity index is 1.45. The zero-order valence-electron chi connectivity index (χ0n) is 11.5. The first-order chi connectivity index (χ1) is 9.20. The first kappa shape index (κ1) is 13.2. The SMILES string of the molecule is CC(Cc1ccc(Cl)cc1)NCC1CC2C=CC1C2. The number of halogens is 1. The highest BCUT2D eigenvalue weighted by atomic mass is 35.5. The van der Waals surface area contributed by atoms with E-state index in [0.717, 1.165) is 29.2 Å². The Labute approximate surface area is 121 Å². The summed E-state index contributed by atoms with van der Waals surface area (Å²) in [5.41, 5.74) is 1.36. The van der Waals surface area contributed by atoms with Gasteiger partial charge in [-0.1, -0.05) is 35.9 Å². The van der Waals surface area contributed by atoms with Gasteiger partial charge in [0.1, 0.15) is 0 Å². The molecule has 0 saturated heterocycles. The second kappa shape index (κ2) is 5.68. The van der Waals surface area contributed by atoms with Crippen LogP contribution in [-0.2, 0) is 6.42 Å². The minimum atomic E-state index is 0.532. The van der Waals surface area contributed by atoms with Crippen LogP contribution in [0.25, 0.3) is 0 Å². The van der Waals surface area contributed by atoms with Crippen LogP contribution >= 0.6 is 11.6 Å². The quantitative estimate of drug-likeness (QED) is 0.799. The van der Waals surface area contributed by atoms with Crippen molar-refractivity contribution in [1.29, 1.82) is 0 Å². The largest absolute Gasteiger partial charge is 0.314 e. The summed E-state index contributed by atoms with van der Waals surface area (Å²) >= 11 is 5.91. The van der Waals surface area contributed by atoms with Gasteiger partial charge in [-0.25, -0.2) is 0 Å². The summed E-state index contributed by atoms with van der Waals surface area (Å²) in [6, 6.07) is 8.74. The summed E-state index contributed by atoms with van der Waals surface area (Å²) in [7, 11) is 0. The van der Waals surface area contributed by atoms with Gasteiger partial charge in [-0.2, -0.15) is 0 Å². The molecule has 1 nitrogen and oxygen atoms in total. The zero-order chi connectivity index (χ0) is 13.2.